The Balaban J connectivity index is 3.71. The molecule has 0 aromatic rings. The smallest absolute Gasteiger partial charge is 0.191 e. The maximum absolute atomic E-state index is 8.09. The van der Waals surface area contributed by atoms with E-state index in [1.807, 2.05) is 0 Å². The molecule has 0 spiro atoms. The lowest BCUT2D eigenvalue weighted by atomic mass is 10.2. The SMILES string of the molecule is CC(C)(C)[Si](C)(C)OCCCCN=[N+]=[N-]. The zero-order valence-corrected chi connectivity index (χ0v) is 11.6. The standard InChI is InChI=1S/C10H23N3OSi/c1-10(2,3)15(4,5)14-9-7-6-8-12-13-11/h6-9H2,1-5H3. The van der Waals surface area contributed by atoms with Gasteiger partial charge in [-0.15, -0.1) is 0 Å². The number of nitrogens with zero attached hydrogens (tertiary/aromatic N) is 3. The van der Waals surface area contributed by atoms with E-state index in [0.717, 1.165) is 19.4 Å². The van der Waals surface area contributed by atoms with Crippen LogP contribution in [0.15, 0.2) is 5.11 Å². The second-order valence-corrected chi connectivity index (χ2v) is 10.1. The Morgan fingerprint density at radius 2 is 1.87 bits per heavy atom. The first kappa shape index (κ1) is 14.5. The normalized spacial score (nSPS) is 12.3. The van der Waals surface area contributed by atoms with Gasteiger partial charge in [0.1, 0.15) is 0 Å². The van der Waals surface area contributed by atoms with Crippen molar-refractivity contribution in [2.75, 3.05) is 13.2 Å². The van der Waals surface area contributed by atoms with E-state index < -0.39 is 8.32 Å². The molecule has 0 fully saturated rings. The van der Waals surface area contributed by atoms with E-state index in [4.69, 9.17) is 9.96 Å². The Kier molecular flexibility index (Phi) is 5.94. The van der Waals surface area contributed by atoms with Crippen LogP contribution in [0.3, 0.4) is 0 Å². The van der Waals surface area contributed by atoms with Gasteiger partial charge in [0.2, 0.25) is 0 Å². The predicted octanol–water partition coefficient (Wildman–Crippen LogP) is 4.10. The summed E-state index contributed by atoms with van der Waals surface area (Å²) in [6.45, 7) is 12.6. The molecular weight excluding hydrogens is 206 g/mol. The van der Waals surface area contributed by atoms with Crippen molar-refractivity contribution in [3.63, 3.8) is 0 Å². The van der Waals surface area contributed by atoms with Gasteiger partial charge in [-0.1, -0.05) is 25.9 Å². The highest BCUT2D eigenvalue weighted by Crippen LogP contribution is 2.36. The number of hydrogen-bond donors (Lipinski definition) is 0. The number of unbranched alkanes of at least 4 members (excludes halogenated alkanes) is 1. The van der Waals surface area contributed by atoms with Crippen LogP contribution in [0.25, 0.3) is 10.4 Å². The molecule has 0 amide bonds. The Bertz CT molecular complexity index is 229. The van der Waals surface area contributed by atoms with Crippen molar-refractivity contribution in [3.8, 4) is 0 Å². The minimum Gasteiger partial charge on any atom is -0.417 e. The van der Waals surface area contributed by atoms with Crippen LogP contribution in [0.1, 0.15) is 33.6 Å². The largest absolute Gasteiger partial charge is 0.417 e. The van der Waals surface area contributed by atoms with Crippen LogP contribution in [0.5, 0.6) is 0 Å². The van der Waals surface area contributed by atoms with E-state index in [9.17, 15) is 0 Å². The van der Waals surface area contributed by atoms with Crippen LogP contribution in [-0.4, -0.2) is 21.5 Å². The molecule has 0 aromatic carbocycles. The first-order valence-electron chi connectivity index (χ1n) is 5.46. The molecule has 0 aliphatic rings. The fourth-order valence-corrected chi connectivity index (χ4v) is 1.96. The van der Waals surface area contributed by atoms with E-state index in [2.05, 4.69) is 43.9 Å². The van der Waals surface area contributed by atoms with Crippen LogP contribution in [0.2, 0.25) is 18.1 Å². The van der Waals surface area contributed by atoms with Gasteiger partial charge in [0.25, 0.3) is 0 Å². The maximum Gasteiger partial charge on any atom is 0.191 e. The Labute approximate surface area is 93.8 Å². The van der Waals surface area contributed by atoms with Gasteiger partial charge in [0.05, 0.1) is 0 Å². The van der Waals surface area contributed by atoms with Gasteiger partial charge in [-0.3, -0.25) is 0 Å². The van der Waals surface area contributed by atoms with Gasteiger partial charge >= 0.3 is 0 Å². The zero-order valence-electron chi connectivity index (χ0n) is 10.6. The van der Waals surface area contributed by atoms with Gasteiger partial charge < -0.3 is 4.43 Å². The fraction of sp³-hybridized carbons (Fsp3) is 1.00. The van der Waals surface area contributed by atoms with Crippen LogP contribution < -0.4 is 0 Å². The molecule has 88 valence electrons. The van der Waals surface area contributed by atoms with E-state index in [1.165, 1.54) is 0 Å². The minimum absolute atomic E-state index is 0.276. The molecule has 0 aliphatic heterocycles. The summed E-state index contributed by atoms with van der Waals surface area (Å²) in [5, 5.41) is 3.77. The number of azide groups is 1. The van der Waals surface area contributed by atoms with Crippen LogP contribution in [0, 0.1) is 0 Å². The molecule has 0 heterocycles. The molecule has 0 unspecified atom stereocenters. The molecule has 0 aromatic heterocycles. The second-order valence-electron chi connectivity index (χ2n) is 5.27. The summed E-state index contributed by atoms with van der Waals surface area (Å²) in [5.41, 5.74) is 8.09. The molecular formula is C10H23N3OSi. The minimum atomic E-state index is -1.58. The molecule has 0 radical (unpaired) electrons. The molecule has 0 bridgehead atoms. The quantitative estimate of drug-likeness (QED) is 0.222. The summed E-state index contributed by atoms with van der Waals surface area (Å²) in [4.78, 5) is 2.71. The van der Waals surface area contributed by atoms with Crippen molar-refractivity contribution in [2.24, 2.45) is 5.11 Å². The summed E-state index contributed by atoms with van der Waals surface area (Å²) >= 11 is 0. The molecule has 5 heteroatoms. The van der Waals surface area contributed by atoms with Crippen LogP contribution in [0.4, 0.5) is 0 Å². The second kappa shape index (κ2) is 6.15. The Hall–Kier alpha value is -0.513. The predicted molar refractivity (Wildman–Crippen MR) is 66.4 cm³/mol. The number of hydrogen-bond acceptors (Lipinski definition) is 2. The highest BCUT2D eigenvalue weighted by Gasteiger charge is 2.36. The van der Waals surface area contributed by atoms with Gasteiger partial charge in [0.15, 0.2) is 8.32 Å². The van der Waals surface area contributed by atoms with Gasteiger partial charge in [0, 0.05) is 18.1 Å². The molecule has 4 nitrogen and oxygen atoms in total. The topological polar surface area (TPSA) is 58.0 Å². The highest BCUT2D eigenvalue weighted by molar-refractivity contribution is 6.74. The third-order valence-corrected chi connectivity index (χ3v) is 7.52. The zero-order chi connectivity index (χ0) is 11.9. The van der Waals surface area contributed by atoms with Crippen molar-refractivity contribution in [2.45, 2.75) is 51.7 Å². The molecule has 15 heavy (non-hydrogen) atoms. The molecule has 0 N–H and O–H groups in total. The van der Waals surface area contributed by atoms with Gasteiger partial charge in [-0.25, -0.2) is 0 Å². The van der Waals surface area contributed by atoms with Gasteiger partial charge in [-0.05, 0) is 36.5 Å². The van der Waals surface area contributed by atoms with Crippen molar-refractivity contribution < 1.29 is 4.43 Å². The molecule has 0 rings (SSSR count). The first-order chi connectivity index (χ1) is 6.81. The summed E-state index contributed by atoms with van der Waals surface area (Å²) < 4.78 is 5.98. The van der Waals surface area contributed by atoms with E-state index in [1.54, 1.807) is 0 Å². The number of rotatable bonds is 6. The van der Waals surface area contributed by atoms with Crippen molar-refractivity contribution in [1.82, 2.24) is 0 Å². The first-order valence-corrected chi connectivity index (χ1v) is 8.37. The lowest BCUT2D eigenvalue weighted by Crippen LogP contribution is -2.40. The molecule has 0 saturated carbocycles. The van der Waals surface area contributed by atoms with Crippen LogP contribution >= 0.6 is 0 Å². The summed E-state index contributed by atoms with van der Waals surface area (Å²) in [5.74, 6) is 0. The van der Waals surface area contributed by atoms with Crippen LogP contribution in [-0.2, 0) is 4.43 Å². The third kappa shape index (κ3) is 5.82. The lowest BCUT2D eigenvalue weighted by molar-refractivity contribution is 0.280. The highest BCUT2D eigenvalue weighted by atomic mass is 28.4. The van der Waals surface area contributed by atoms with Crippen molar-refractivity contribution in [1.29, 1.82) is 0 Å². The lowest BCUT2D eigenvalue weighted by Gasteiger charge is -2.36. The van der Waals surface area contributed by atoms with Gasteiger partial charge in [-0.2, -0.15) is 0 Å². The summed E-state index contributed by atoms with van der Waals surface area (Å²) in [6.07, 6.45) is 1.89. The monoisotopic (exact) mass is 229 g/mol. The molecule has 0 aliphatic carbocycles. The molecule has 0 atom stereocenters. The van der Waals surface area contributed by atoms with E-state index in [-0.39, 0.29) is 5.04 Å². The Morgan fingerprint density at radius 1 is 1.27 bits per heavy atom. The summed E-state index contributed by atoms with van der Waals surface area (Å²) in [6, 6.07) is 0. The maximum atomic E-state index is 8.09. The fourth-order valence-electron chi connectivity index (χ4n) is 0.873. The average molecular weight is 229 g/mol. The summed E-state index contributed by atoms with van der Waals surface area (Å²) in [7, 11) is -1.58. The average Bonchev–Trinajstić information content (AvgIpc) is 2.09. The van der Waals surface area contributed by atoms with E-state index in [0.29, 0.717) is 6.54 Å². The van der Waals surface area contributed by atoms with Crippen molar-refractivity contribution >= 4 is 8.32 Å². The molecule has 0 saturated heterocycles. The van der Waals surface area contributed by atoms with Crippen molar-refractivity contribution in [3.05, 3.63) is 10.4 Å². The Morgan fingerprint density at radius 3 is 2.33 bits per heavy atom. The third-order valence-electron chi connectivity index (χ3n) is 2.98. The van der Waals surface area contributed by atoms with E-state index >= 15 is 0 Å².